The maximum Gasteiger partial charge on any atom is 0.220 e. The molecule has 0 spiro atoms. The number of carbonyl (C=O) groups is 1. The number of hydrogen-bond acceptors (Lipinski definition) is 7. The molecule has 42 heavy (non-hydrogen) atoms. The minimum Gasteiger partial charge on any atom is -0.382 e. The first-order valence-corrected chi connectivity index (χ1v) is 15.3. The lowest BCUT2D eigenvalue weighted by Gasteiger charge is -2.49. The van der Waals surface area contributed by atoms with Gasteiger partial charge in [0, 0.05) is 56.2 Å². The van der Waals surface area contributed by atoms with E-state index in [1.807, 2.05) is 10.7 Å². The molecule has 0 radical (unpaired) electrons. The van der Waals surface area contributed by atoms with Crippen LogP contribution in [0.5, 0.6) is 0 Å². The van der Waals surface area contributed by atoms with Gasteiger partial charge in [0.05, 0.1) is 29.5 Å². The zero-order valence-electron chi connectivity index (χ0n) is 24.7. The van der Waals surface area contributed by atoms with Gasteiger partial charge in [0.1, 0.15) is 11.8 Å². The summed E-state index contributed by atoms with van der Waals surface area (Å²) >= 11 is 0. The van der Waals surface area contributed by atoms with E-state index < -0.39 is 0 Å². The van der Waals surface area contributed by atoms with Crippen LogP contribution in [-0.2, 0) is 9.53 Å². The first-order chi connectivity index (χ1) is 20.4. The van der Waals surface area contributed by atoms with Crippen LogP contribution < -0.4 is 10.6 Å². The van der Waals surface area contributed by atoms with E-state index in [4.69, 9.17) is 15.6 Å². The summed E-state index contributed by atoms with van der Waals surface area (Å²) in [5.74, 6) is 1.61. The third kappa shape index (κ3) is 4.71. The van der Waals surface area contributed by atoms with Crippen LogP contribution in [0.3, 0.4) is 0 Å². The third-order valence-electron chi connectivity index (χ3n) is 9.40. The molecule has 2 unspecified atom stereocenters. The van der Waals surface area contributed by atoms with Crippen LogP contribution in [0, 0.1) is 11.8 Å². The van der Waals surface area contributed by atoms with E-state index in [0.717, 1.165) is 72.9 Å². The Bertz CT molecular complexity index is 1590. The predicted molar refractivity (Wildman–Crippen MR) is 163 cm³/mol. The number of aromatic nitrogens is 5. The highest BCUT2D eigenvalue weighted by atomic mass is 16.5. The summed E-state index contributed by atoms with van der Waals surface area (Å²) in [5, 5.41) is 9.37. The van der Waals surface area contributed by atoms with Crippen LogP contribution in [0.25, 0.3) is 28.0 Å². The topological polar surface area (TPSA) is 107 Å². The lowest BCUT2D eigenvalue weighted by atomic mass is 9.93. The molecule has 2 atom stereocenters. The Labute approximate surface area is 246 Å². The van der Waals surface area contributed by atoms with Gasteiger partial charge in [0.15, 0.2) is 5.82 Å². The van der Waals surface area contributed by atoms with Crippen molar-refractivity contribution in [1.82, 2.24) is 29.3 Å². The van der Waals surface area contributed by atoms with E-state index in [2.05, 4.69) is 74.8 Å². The number of fused-ring (bicyclic) bond motifs is 1. The van der Waals surface area contributed by atoms with Crippen molar-refractivity contribution in [1.29, 1.82) is 0 Å². The van der Waals surface area contributed by atoms with Crippen molar-refractivity contribution < 1.29 is 9.53 Å². The molecule has 2 saturated heterocycles. The Morgan fingerprint density at radius 1 is 1.02 bits per heavy atom. The first kappa shape index (κ1) is 26.9. The fraction of sp³-hybridized carbons (Fsp3) is 0.500. The average molecular weight is 569 g/mol. The summed E-state index contributed by atoms with van der Waals surface area (Å²) in [6, 6.07) is 13.6. The van der Waals surface area contributed by atoms with E-state index in [-0.39, 0.29) is 24.0 Å². The number of carbonyl (C=O) groups excluding carboxylic acids is 1. The Kier molecular flexibility index (Phi) is 6.88. The van der Waals surface area contributed by atoms with Gasteiger partial charge in [-0.3, -0.25) is 9.48 Å². The molecule has 10 nitrogen and oxygen atoms in total. The number of hydrogen-bond donors (Lipinski definition) is 1. The van der Waals surface area contributed by atoms with E-state index in [1.165, 1.54) is 19.2 Å². The van der Waals surface area contributed by atoms with Crippen molar-refractivity contribution in [3.63, 3.8) is 0 Å². The lowest BCUT2D eigenvalue weighted by molar-refractivity contribution is -0.136. The molecule has 1 saturated carbocycles. The van der Waals surface area contributed by atoms with Crippen molar-refractivity contribution >= 4 is 22.9 Å². The molecule has 1 aromatic carbocycles. The van der Waals surface area contributed by atoms with Gasteiger partial charge < -0.3 is 20.3 Å². The number of anilines is 2. The molecular weight excluding hydrogens is 528 g/mol. The second-order valence-corrected chi connectivity index (χ2v) is 12.5. The SMILES string of the molecule is CC(=O)N1C(C(C)C)CN(c2cccc(-c3cc(-c4ccnn4C4CCOCC4)c4c(N)ncnn34)c2)CC1C1CC1. The van der Waals surface area contributed by atoms with Crippen molar-refractivity contribution in [2.24, 2.45) is 11.8 Å². The molecule has 220 valence electrons. The Morgan fingerprint density at radius 3 is 2.57 bits per heavy atom. The van der Waals surface area contributed by atoms with Gasteiger partial charge in [-0.1, -0.05) is 26.0 Å². The van der Waals surface area contributed by atoms with Crippen LogP contribution >= 0.6 is 0 Å². The summed E-state index contributed by atoms with van der Waals surface area (Å²) < 4.78 is 9.63. The molecule has 4 aromatic rings. The summed E-state index contributed by atoms with van der Waals surface area (Å²) in [7, 11) is 0. The van der Waals surface area contributed by atoms with Crippen LogP contribution in [0.1, 0.15) is 52.5 Å². The molecule has 2 aliphatic heterocycles. The van der Waals surface area contributed by atoms with Gasteiger partial charge in [-0.25, -0.2) is 9.50 Å². The van der Waals surface area contributed by atoms with Crippen LogP contribution in [0.2, 0.25) is 0 Å². The number of benzene rings is 1. The summed E-state index contributed by atoms with van der Waals surface area (Å²) in [6.07, 6.45) is 7.64. The number of rotatable bonds is 6. The second-order valence-electron chi connectivity index (χ2n) is 12.5. The van der Waals surface area contributed by atoms with Gasteiger partial charge in [-0.2, -0.15) is 10.2 Å². The van der Waals surface area contributed by atoms with E-state index in [9.17, 15) is 4.79 Å². The predicted octanol–water partition coefficient (Wildman–Crippen LogP) is 4.67. The molecule has 3 aromatic heterocycles. The fourth-order valence-electron chi connectivity index (χ4n) is 7.09. The molecular formula is C32H40N8O2. The van der Waals surface area contributed by atoms with Gasteiger partial charge >= 0.3 is 0 Å². The molecule has 2 N–H and O–H groups in total. The average Bonchev–Trinajstić information content (AvgIpc) is 3.60. The molecule has 1 amide bonds. The molecule has 1 aliphatic carbocycles. The maximum absolute atomic E-state index is 12.8. The lowest BCUT2D eigenvalue weighted by Crippen LogP contribution is -2.62. The number of nitrogens with two attached hydrogens (primary N) is 1. The molecule has 3 aliphatic rings. The van der Waals surface area contributed by atoms with Crippen LogP contribution in [-0.4, -0.2) is 73.6 Å². The normalized spacial score (nSPS) is 21.9. The van der Waals surface area contributed by atoms with E-state index >= 15 is 0 Å². The molecule has 7 rings (SSSR count). The standard InChI is InChI=1S/C32H40N8O2/c1-20(2)29-17-37(18-30(22-7-8-22)38(29)21(3)41)25-6-4-5-23(15-25)28-16-26(31-32(33)34-19-36-40(28)31)27-9-12-35-39(27)24-10-13-42-14-11-24/h4-6,9,12,15-16,19-20,22,24,29-30H,7-8,10-11,13-14,17-18H2,1-3H3,(H2,33,34,36). The summed E-state index contributed by atoms with van der Waals surface area (Å²) in [4.78, 5) is 21.8. The monoisotopic (exact) mass is 568 g/mol. The largest absolute Gasteiger partial charge is 0.382 e. The maximum atomic E-state index is 12.8. The third-order valence-corrected chi connectivity index (χ3v) is 9.40. The highest BCUT2D eigenvalue weighted by Crippen LogP contribution is 2.41. The molecule has 3 fully saturated rings. The van der Waals surface area contributed by atoms with Crippen molar-refractivity contribution in [2.75, 3.05) is 36.9 Å². The Balaban J connectivity index is 1.28. The first-order valence-electron chi connectivity index (χ1n) is 15.3. The molecule has 5 heterocycles. The highest BCUT2D eigenvalue weighted by molar-refractivity contribution is 5.91. The van der Waals surface area contributed by atoms with Gasteiger partial charge in [-0.05, 0) is 61.8 Å². The summed E-state index contributed by atoms with van der Waals surface area (Å²) in [6.45, 7) is 9.35. The minimum atomic E-state index is 0.184. The van der Waals surface area contributed by atoms with Crippen LogP contribution in [0.15, 0.2) is 48.9 Å². The van der Waals surface area contributed by atoms with Crippen molar-refractivity contribution in [3.05, 3.63) is 48.9 Å². The van der Waals surface area contributed by atoms with Gasteiger partial charge in [0.25, 0.3) is 0 Å². The second kappa shape index (κ2) is 10.7. The van der Waals surface area contributed by atoms with Gasteiger partial charge in [-0.15, -0.1) is 0 Å². The van der Waals surface area contributed by atoms with E-state index in [0.29, 0.717) is 17.7 Å². The summed E-state index contributed by atoms with van der Waals surface area (Å²) in [5.41, 5.74) is 12.4. The quantitative estimate of drug-likeness (QED) is 0.360. The van der Waals surface area contributed by atoms with Crippen molar-refractivity contribution in [3.8, 4) is 22.5 Å². The highest BCUT2D eigenvalue weighted by Gasteiger charge is 2.44. The zero-order chi connectivity index (χ0) is 29.0. The number of amides is 1. The number of nitrogen functional groups attached to an aromatic ring is 1. The van der Waals surface area contributed by atoms with Crippen LogP contribution in [0.4, 0.5) is 11.5 Å². The van der Waals surface area contributed by atoms with Crippen molar-refractivity contribution in [2.45, 2.75) is 64.6 Å². The molecule has 10 heteroatoms. The number of piperazine rings is 1. The Morgan fingerprint density at radius 2 is 1.83 bits per heavy atom. The smallest absolute Gasteiger partial charge is 0.220 e. The molecule has 0 bridgehead atoms. The zero-order valence-corrected chi connectivity index (χ0v) is 24.7. The van der Waals surface area contributed by atoms with E-state index in [1.54, 1.807) is 6.92 Å². The Hall–Kier alpha value is -3.92. The minimum absolute atomic E-state index is 0.184. The number of ether oxygens (including phenoxy) is 1. The number of nitrogens with zero attached hydrogens (tertiary/aromatic N) is 7. The van der Waals surface area contributed by atoms with Gasteiger partial charge in [0.2, 0.25) is 5.91 Å². The fourth-order valence-corrected chi connectivity index (χ4v) is 7.09.